The van der Waals surface area contributed by atoms with Crippen LogP contribution in [0.3, 0.4) is 0 Å². The van der Waals surface area contributed by atoms with Crippen LogP contribution in [-0.4, -0.2) is 12.8 Å². The molecule has 1 aliphatic rings. The minimum atomic E-state index is -0.0880. The Morgan fingerprint density at radius 1 is 1.83 bits per heavy atom. The van der Waals surface area contributed by atoms with Crippen LogP contribution in [0.2, 0.25) is 0 Å². The topological polar surface area (TPSA) is 57.8 Å². The molecule has 4 nitrogen and oxygen atoms in total. The van der Waals surface area contributed by atoms with E-state index in [-0.39, 0.29) is 12.8 Å². The molecule has 0 radical (unpaired) electrons. The Labute approximate surface area is 34.3 Å². The lowest BCUT2D eigenvalue weighted by molar-refractivity contribution is 0.336. The summed E-state index contributed by atoms with van der Waals surface area (Å²) in [5, 5.41) is 13.1. The SMILES string of the molecule is N=C1N=NCO1. The average molecular weight is 85.1 g/mol. The maximum atomic E-state index is 6.57. The number of nitrogens with zero attached hydrogens (tertiary/aromatic N) is 2. The largest absolute Gasteiger partial charge is 0.438 e. The fraction of sp³-hybridized carbons (Fsp3) is 0.500. The fourth-order valence-electron chi connectivity index (χ4n) is 0.212. The third-order valence-electron chi connectivity index (χ3n) is 0.421. The summed E-state index contributed by atoms with van der Waals surface area (Å²) in [6, 6.07) is -0.0880. The Morgan fingerprint density at radius 2 is 2.67 bits per heavy atom. The third kappa shape index (κ3) is 0.357. The van der Waals surface area contributed by atoms with Gasteiger partial charge >= 0.3 is 6.02 Å². The second kappa shape index (κ2) is 1.04. The van der Waals surface area contributed by atoms with Crippen LogP contribution in [0.25, 0.3) is 0 Å². The van der Waals surface area contributed by atoms with Crippen molar-refractivity contribution in [2.75, 3.05) is 6.73 Å². The van der Waals surface area contributed by atoms with E-state index in [4.69, 9.17) is 5.41 Å². The number of hydrogen-bond acceptors (Lipinski definition) is 3. The van der Waals surface area contributed by atoms with Gasteiger partial charge in [0.15, 0.2) is 0 Å². The number of azo groups is 1. The average Bonchev–Trinajstić information content (AvgIpc) is 1.86. The van der Waals surface area contributed by atoms with Gasteiger partial charge in [0.1, 0.15) is 0 Å². The summed E-state index contributed by atoms with van der Waals surface area (Å²) in [6.07, 6.45) is 0. The molecule has 0 aromatic heterocycles. The molecule has 32 valence electrons. The first kappa shape index (κ1) is 3.27. The maximum Gasteiger partial charge on any atom is 0.329 e. The molecule has 0 spiro atoms. The van der Waals surface area contributed by atoms with E-state index in [1.807, 2.05) is 0 Å². The first-order chi connectivity index (χ1) is 2.89. The molecule has 0 amide bonds. The Balaban J connectivity index is 2.59. The van der Waals surface area contributed by atoms with Crippen molar-refractivity contribution in [3.05, 3.63) is 0 Å². The fourth-order valence-corrected chi connectivity index (χ4v) is 0.212. The van der Waals surface area contributed by atoms with Crippen LogP contribution in [0.5, 0.6) is 0 Å². The van der Waals surface area contributed by atoms with Crippen LogP contribution in [-0.2, 0) is 4.74 Å². The lowest BCUT2D eigenvalue weighted by atomic mass is 11.2. The van der Waals surface area contributed by atoms with Gasteiger partial charge in [-0.3, -0.25) is 0 Å². The first-order valence-corrected chi connectivity index (χ1v) is 1.48. The Morgan fingerprint density at radius 3 is 2.83 bits per heavy atom. The van der Waals surface area contributed by atoms with E-state index in [0.29, 0.717) is 0 Å². The highest BCUT2D eigenvalue weighted by Gasteiger charge is 1.97. The van der Waals surface area contributed by atoms with Gasteiger partial charge in [0.05, 0.1) is 0 Å². The predicted octanol–water partition coefficient (Wildman–Crippen LogP) is 0.361. The van der Waals surface area contributed by atoms with Crippen LogP contribution in [0.15, 0.2) is 10.2 Å². The highest BCUT2D eigenvalue weighted by atomic mass is 16.5. The molecule has 0 saturated carbocycles. The second-order valence-corrected chi connectivity index (χ2v) is 0.820. The van der Waals surface area contributed by atoms with E-state index >= 15 is 0 Å². The minimum Gasteiger partial charge on any atom is -0.438 e. The Kier molecular flexibility index (Phi) is 0.567. The van der Waals surface area contributed by atoms with E-state index < -0.39 is 0 Å². The van der Waals surface area contributed by atoms with Gasteiger partial charge in [-0.2, -0.15) is 0 Å². The molecule has 4 heteroatoms. The van der Waals surface area contributed by atoms with Gasteiger partial charge in [-0.1, -0.05) is 5.11 Å². The summed E-state index contributed by atoms with van der Waals surface area (Å²) >= 11 is 0. The normalized spacial score (nSPS) is 18.3. The van der Waals surface area contributed by atoms with Crippen molar-refractivity contribution in [2.24, 2.45) is 10.2 Å². The Bertz CT molecular complexity index is 97.0. The molecule has 0 aromatic rings. The molecule has 0 saturated heterocycles. The standard InChI is InChI=1S/C2H3N3O/c3-2-5-4-1-6-2/h3H,1H2. The summed E-state index contributed by atoms with van der Waals surface area (Å²) in [7, 11) is 0. The molecule has 1 aliphatic heterocycles. The maximum absolute atomic E-state index is 6.57. The van der Waals surface area contributed by atoms with E-state index in [1.54, 1.807) is 0 Å². The third-order valence-corrected chi connectivity index (χ3v) is 0.421. The summed E-state index contributed by atoms with van der Waals surface area (Å²) in [5.74, 6) is 0. The smallest absolute Gasteiger partial charge is 0.329 e. The van der Waals surface area contributed by atoms with Gasteiger partial charge in [-0.05, 0) is 0 Å². The van der Waals surface area contributed by atoms with Gasteiger partial charge < -0.3 is 4.74 Å². The molecule has 1 heterocycles. The van der Waals surface area contributed by atoms with Crippen molar-refractivity contribution in [1.29, 1.82) is 5.41 Å². The van der Waals surface area contributed by atoms with Crippen LogP contribution >= 0.6 is 0 Å². The van der Waals surface area contributed by atoms with Gasteiger partial charge in [0, 0.05) is 0 Å². The van der Waals surface area contributed by atoms with E-state index in [1.165, 1.54) is 0 Å². The molecule has 1 N–H and O–H groups in total. The molecule has 0 aliphatic carbocycles. The zero-order chi connectivity index (χ0) is 4.41. The molecule has 6 heavy (non-hydrogen) atoms. The lowest BCUT2D eigenvalue weighted by Crippen LogP contribution is -1.87. The van der Waals surface area contributed by atoms with Gasteiger partial charge in [-0.25, -0.2) is 5.41 Å². The number of amidine groups is 1. The molecule has 0 unspecified atom stereocenters. The first-order valence-electron chi connectivity index (χ1n) is 1.48. The van der Waals surface area contributed by atoms with E-state index in [0.717, 1.165) is 0 Å². The van der Waals surface area contributed by atoms with Crippen molar-refractivity contribution in [3.8, 4) is 0 Å². The van der Waals surface area contributed by atoms with Crippen molar-refractivity contribution in [1.82, 2.24) is 0 Å². The molecule has 1 rings (SSSR count). The summed E-state index contributed by atoms with van der Waals surface area (Å²) in [4.78, 5) is 0. The monoisotopic (exact) mass is 85.0 g/mol. The summed E-state index contributed by atoms with van der Waals surface area (Å²) in [6.45, 7) is 0.221. The van der Waals surface area contributed by atoms with Crippen LogP contribution in [0.1, 0.15) is 0 Å². The summed E-state index contributed by atoms with van der Waals surface area (Å²) in [5.41, 5.74) is 0. The number of rotatable bonds is 0. The molecule has 0 bridgehead atoms. The van der Waals surface area contributed by atoms with Gasteiger partial charge in [0.25, 0.3) is 0 Å². The van der Waals surface area contributed by atoms with Crippen molar-refractivity contribution in [2.45, 2.75) is 0 Å². The molecular weight excluding hydrogens is 82.0 g/mol. The van der Waals surface area contributed by atoms with E-state index in [2.05, 4.69) is 15.0 Å². The Hall–Kier alpha value is -0.930. The molecule has 0 aromatic carbocycles. The number of nitrogens with one attached hydrogen (secondary N) is 1. The molecule has 0 fully saturated rings. The summed E-state index contributed by atoms with van der Waals surface area (Å²) < 4.78 is 4.40. The highest BCUT2D eigenvalue weighted by Crippen LogP contribution is 1.91. The molecular formula is C2H3N3O. The zero-order valence-corrected chi connectivity index (χ0v) is 3.01. The van der Waals surface area contributed by atoms with Gasteiger partial charge in [-0.15, -0.1) is 5.11 Å². The van der Waals surface area contributed by atoms with Crippen LogP contribution < -0.4 is 0 Å². The van der Waals surface area contributed by atoms with Gasteiger partial charge in [0.2, 0.25) is 6.73 Å². The second-order valence-electron chi connectivity index (χ2n) is 0.820. The predicted molar refractivity (Wildman–Crippen MR) is 18.5 cm³/mol. The number of hydrogen-bond donors (Lipinski definition) is 1. The minimum absolute atomic E-state index is 0.0880. The van der Waals surface area contributed by atoms with Crippen LogP contribution in [0, 0.1) is 5.41 Å². The van der Waals surface area contributed by atoms with E-state index in [9.17, 15) is 0 Å². The van der Waals surface area contributed by atoms with Crippen molar-refractivity contribution in [3.63, 3.8) is 0 Å². The highest BCUT2D eigenvalue weighted by molar-refractivity contribution is 5.70. The van der Waals surface area contributed by atoms with Crippen LogP contribution in [0.4, 0.5) is 0 Å². The number of ether oxygens (including phenoxy) is 1. The van der Waals surface area contributed by atoms with Crippen molar-refractivity contribution < 1.29 is 4.74 Å². The molecule has 0 atom stereocenters. The lowest BCUT2D eigenvalue weighted by Gasteiger charge is -1.80. The quantitative estimate of drug-likeness (QED) is 0.453. The zero-order valence-electron chi connectivity index (χ0n) is 3.01. The van der Waals surface area contributed by atoms with Crippen molar-refractivity contribution >= 4 is 6.02 Å².